The van der Waals surface area contributed by atoms with E-state index in [1.54, 1.807) is 0 Å². The molecule has 0 unspecified atom stereocenters. The maximum Gasteiger partial charge on any atom is 0.328 e. The topological polar surface area (TPSA) is 46.5 Å². The number of ether oxygens (including phenoxy) is 1. The molecule has 0 saturated heterocycles. The summed E-state index contributed by atoms with van der Waals surface area (Å²) < 4.78 is 6.51. The second kappa shape index (κ2) is 6.45. The molecule has 3 nitrogen and oxygen atoms in total. The van der Waals surface area contributed by atoms with Crippen LogP contribution in [0, 0.1) is 5.92 Å². The van der Waals surface area contributed by atoms with E-state index in [1.165, 1.54) is 6.08 Å². The van der Waals surface area contributed by atoms with E-state index in [4.69, 9.17) is 9.84 Å². The van der Waals surface area contributed by atoms with E-state index in [1.807, 2.05) is 18.2 Å². The molecule has 0 aliphatic heterocycles. The molecule has 0 bridgehead atoms. The minimum atomic E-state index is -0.972. The first kappa shape index (κ1) is 13.8. The zero-order chi connectivity index (χ0) is 12.8. The summed E-state index contributed by atoms with van der Waals surface area (Å²) in [6.07, 6.45) is 2.63. The second-order valence-electron chi connectivity index (χ2n) is 4.06. The van der Waals surface area contributed by atoms with E-state index >= 15 is 0 Å². The van der Waals surface area contributed by atoms with Crippen LogP contribution in [-0.2, 0) is 4.79 Å². The van der Waals surface area contributed by atoms with Crippen LogP contribution in [0.25, 0.3) is 6.08 Å². The standard InChI is InChI=1S/C13H15BrO3/c1-9(2)8-17-12-5-4-11(14)7-10(12)3-6-13(15)16/h3-7,9H,8H2,1-2H3,(H,15,16). The van der Waals surface area contributed by atoms with Crippen molar-refractivity contribution in [1.29, 1.82) is 0 Å². The summed E-state index contributed by atoms with van der Waals surface area (Å²) in [6, 6.07) is 5.52. The van der Waals surface area contributed by atoms with Crippen molar-refractivity contribution in [2.75, 3.05) is 6.61 Å². The Balaban J connectivity index is 2.91. The van der Waals surface area contributed by atoms with E-state index in [2.05, 4.69) is 29.8 Å². The van der Waals surface area contributed by atoms with Gasteiger partial charge in [0, 0.05) is 16.1 Å². The number of hydrogen-bond acceptors (Lipinski definition) is 2. The summed E-state index contributed by atoms with van der Waals surface area (Å²) in [7, 11) is 0. The van der Waals surface area contributed by atoms with Gasteiger partial charge in [0.1, 0.15) is 5.75 Å². The lowest BCUT2D eigenvalue weighted by Gasteiger charge is -2.11. The molecule has 92 valence electrons. The van der Waals surface area contributed by atoms with Crippen LogP contribution in [0.1, 0.15) is 19.4 Å². The van der Waals surface area contributed by atoms with Gasteiger partial charge < -0.3 is 9.84 Å². The molecule has 0 amide bonds. The second-order valence-corrected chi connectivity index (χ2v) is 4.97. The maximum atomic E-state index is 10.5. The summed E-state index contributed by atoms with van der Waals surface area (Å²) in [6.45, 7) is 4.73. The predicted molar refractivity (Wildman–Crippen MR) is 71.1 cm³/mol. The molecule has 1 N–H and O–H groups in total. The highest BCUT2D eigenvalue weighted by atomic mass is 79.9. The summed E-state index contributed by atoms with van der Waals surface area (Å²) >= 11 is 3.35. The number of carboxylic acid groups (broad SMARTS) is 1. The van der Waals surface area contributed by atoms with Crippen molar-refractivity contribution in [2.45, 2.75) is 13.8 Å². The van der Waals surface area contributed by atoms with Crippen LogP contribution in [0.2, 0.25) is 0 Å². The number of rotatable bonds is 5. The highest BCUT2D eigenvalue weighted by molar-refractivity contribution is 9.10. The molecule has 17 heavy (non-hydrogen) atoms. The van der Waals surface area contributed by atoms with E-state index in [0.29, 0.717) is 18.3 Å². The molecule has 0 aromatic heterocycles. The first-order valence-corrected chi connectivity index (χ1v) is 6.11. The van der Waals surface area contributed by atoms with E-state index in [0.717, 1.165) is 16.1 Å². The monoisotopic (exact) mass is 298 g/mol. The third kappa shape index (κ3) is 5.04. The van der Waals surface area contributed by atoms with Gasteiger partial charge in [-0.1, -0.05) is 29.8 Å². The number of benzene rings is 1. The molecule has 1 aromatic carbocycles. The Labute approximate surface area is 109 Å². The normalized spacial score (nSPS) is 11.1. The van der Waals surface area contributed by atoms with Gasteiger partial charge in [0.25, 0.3) is 0 Å². The highest BCUT2D eigenvalue weighted by Crippen LogP contribution is 2.25. The lowest BCUT2D eigenvalue weighted by Crippen LogP contribution is -2.05. The van der Waals surface area contributed by atoms with Gasteiger partial charge in [-0.25, -0.2) is 4.79 Å². The van der Waals surface area contributed by atoms with Gasteiger partial charge in [0.05, 0.1) is 6.61 Å². The molecule has 0 spiro atoms. The number of hydrogen-bond donors (Lipinski definition) is 1. The van der Waals surface area contributed by atoms with Crippen LogP contribution in [0.4, 0.5) is 0 Å². The molecule has 0 saturated carbocycles. The molecule has 0 radical (unpaired) electrons. The fourth-order valence-electron chi connectivity index (χ4n) is 1.20. The Kier molecular flexibility index (Phi) is 5.22. The molecule has 1 rings (SSSR count). The predicted octanol–water partition coefficient (Wildman–Crippen LogP) is 3.58. The van der Waals surface area contributed by atoms with Crippen LogP contribution >= 0.6 is 15.9 Å². The van der Waals surface area contributed by atoms with Crippen molar-refractivity contribution in [1.82, 2.24) is 0 Å². The van der Waals surface area contributed by atoms with Crippen molar-refractivity contribution in [2.24, 2.45) is 5.92 Å². The smallest absolute Gasteiger partial charge is 0.328 e. The SMILES string of the molecule is CC(C)COc1ccc(Br)cc1C=CC(=O)O. The average molecular weight is 299 g/mol. The first-order valence-electron chi connectivity index (χ1n) is 5.32. The Morgan fingerprint density at radius 3 is 2.82 bits per heavy atom. The van der Waals surface area contributed by atoms with E-state index in [-0.39, 0.29) is 0 Å². The molecule has 1 aromatic rings. The Bertz CT molecular complexity index is 425. The largest absolute Gasteiger partial charge is 0.493 e. The lowest BCUT2D eigenvalue weighted by atomic mass is 10.2. The van der Waals surface area contributed by atoms with E-state index in [9.17, 15) is 4.79 Å². The molecular formula is C13H15BrO3. The number of carboxylic acids is 1. The Morgan fingerprint density at radius 2 is 2.24 bits per heavy atom. The fourth-order valence-corrected chi connectivity index (χ4v) is 1.58. The van der Waals surface area contributed by atoms with Crippen LogP contribution in [0.3, 0.4) is 0 Å². The van der Waals surface area contributed by atoms with E-state index < -0.39 is 5.97 Å². The summed E-state index contributed by atoms with van der Waals surface area (Å²) in [5, 5.41) is 8.61. The fraction of sp³-hybridized carbons (Fsp3) is 0.308. The summed E-state index contributed by atoms with van der Waals surface area (Å²) in [5.41, 5.74) is 0.752. The molecular weight excluding hydrogens is 284 g/mol. The molecule has 0 atom stereocenters. The van der Waals surface area contributed by atoms with Crippen LogP contribution < -0.4 is 4.74 Å². The maximum absolute atomic E-state index is 10.5. The average Bonchev–Trinajstić information content (AvgIpc) is 2.24. The van der Waals surface area contributed by atoms with Crippen LogP contribution in [0.5, 0.6) is 5.75 Å². The lowest BCUT2D eigenvalue weighted by molar-refractivity contribution is -0.131. The van der Waals surface area contributed by atoms with Crippen molar-refractivity contribution >= 4 is 28.0 Å². The number of halogens is 1. The zero-order valence-corrected chi connectivity index (χ0v) is 11.4. The molecule has 0 aliphatic carbocycles. The van der Waals surface area contributed by atoms with Crippen molar-refractivity contribution in [3.8, 4) is 5.75 Å². The molecule has 0 heterocycles. The summed E-state index contributed by atoms with van der Waals surface area (Å²) in [4.78, 5) is 10.5. The van der Waals surface area contributed by atoms with Crippen LogP contribution in [-0.4, -0.2) is 17.7 Å². The van der Waals surface area contributed by atoms with Gasteiger partial charge in [0.15, 0.2) is 0 Å². The number of carbonyl (C=O) groups is 1. The minimum absolute atomic E-state index is 0.426. The zero-order valence-electron chi connectivity index (χ0n) is 9.81. The molecule has 0 aliphatic rings. The summed E-state index contributed by atoms with van der Waals surface area (Å²) in [5.74, 6) is 0.147. The molecule has 0 fully saturated rings. The molecule has 4 heteroatoms. The van der Waals surface area contributed by atoms with Gasteiger partial charge in [-0.05, 0) is 30.2 Å². The van der Waals surface area contributed by atoms with Crippen molar-refractivity contribution < 1.29 is 14.6 Å². The van der Waals surface area contributed by atoms with Gasteiger partial charge in [-0.3, -0.25) is 0 Å². The number of aliphatic carboxylic acids is 1. The first-order chi connectivity index (χ1) is 7.99. The van der Waals surface area contributed by atoms with Gasteiger partial charge >= 0.3 is 5.97 Å². The van der Waals surface area contributed by atoms with Crippen molar-refractivity contribution in [3.05, 3.63) is 34.3 Å². The van der Waals surface area contributed by atoms with Crippen molar-refractivity contribution in [3.63, 3.8) is 0 Å². The minimum Gasteiger partial charge on any atom is -0.493 e. The Morgan fingerprint density at radius 1 is 1.53 bits per heavy atom. The highest BCUT2D eigenvalue weighted by Gasteiger charge is 2.04. The van der Waals surface area contributed by atoms with Gasteiger partial charge in [-0.15, -0.1) is 0 Å². The van der Waals surface area contributed by atoms with Crippen LogP contribution in [0.15, 0.2) is 28.7 Å². The van der Waals surface area contributed by atoms with Gasteiger partial charge in [-0.2, -0.15) is 0 Å². The quantitative estimate of drug-likeness (QED) is 0.845. The third-order valence-electron chi connectivity index (χ3n) is 1.95. The third-order valence-corrected chi connectivity index (χ3v) is 2.44. The Hall–Kier alpha value is -1.29. The van der Waals surface area contributed by atoms with Gasteiger partial charge in [0.2, 0.25) is 0 Å².